The van der Waals surface area contributed by atoms with Gasteiger partial charge in [-0.25, -0.2) is 0 Å². The Hall–Kier alpha value is -2.93. The van der Waals surface area contributed by atoms with Gasteiger partial charge in [0.25, 0.3) is 0 Å². The molecular formula is C23H29NO6. The Balaban J connectivity index is 2.10. The van der Waals surface area contributed by atoms with Crippen LogP contribution in [0.15, 0.2) is 36.4 Å². The number of rotatable bonds is 8. The molecule has 0 aromatic heterocycles. The maximum Gasteiger partial charge on any atom is 0.307 e. The number of carboxylic acids is 1. The second-order valence-corrected chi connectivity index (χ2v) is 7.31. The van der Waals surface area contributed by atoms with E-state index in [0.717, 1.165) is 29.8 Å². The van der Waals surface area contributed by atoms with Crippen LogP contribution in [0.4, 0.5) is 0 Å². The number of hydrogen-bond donors (Lipinski definition) is 1. The number of nitrogens with zero attached hydrogens (tertiary/aromatic N) is 1. The minimum atomic E-state index is -0.752. The molecule has 1 fully saturated rings. The quantitative estimate of drug-likeness (QED) is 0.706. The molecule has 1 N–H and O–H groups in total. The lowest BCUT2D eigenvalue weighted by Gasteiger charge is -2.38. The monoisotopic (exact) mass is 415 g/mol. The van der Waals surface area contributed by atoms with E-state index in [1.807, 2.05) is 36.4 Å². The standard InChI is InChI=1S/C23H29NO6/c1-27-18-9-7-15(8-10-18)21(24-11-5-6-16(14-24)23(25)26)17-12-19(28-2)22(30-4)20(13-17)29-3/h7-10,12-13,16,21H,5-6,11,14H2,1-4H3,(H,25,26). The van der Waals surface area contributed by atoms with Crippen LogP contribution < -0.4 is 18.9 Å². The first-order valence-corrected chi connectivity index (χ1v) is 9.93. The molecule has 0 spiro atoms. The molecule has 0 amide bonds. The summed E-state index contributed by atoms with van der Waals surface area (Å²) in [7, 11) is 6.38. The summed E-state index contributed by atoms with van der Waals surface area (Å²) >= 11 is 0. The van der Waals surface area contributed by atoms with Crippen molar-refractivity contribution < 1.29 is 28.8 Å². The molecule has 162 valence electrons. The smallest absolute Gasteiger partial charge is 0.307 e. The van der Waals surface area contributed by atoms with E-state index >= 15 is 0 Å². The minimum absolute atomic E-state index is 0.160. The van der Waals surface area contributed by atoms with Gasteiger partial charge in [-0.05, 0) is 54.8 Å². The Morgan fingerprint density at radius 1 is 0.967 bits per heavy atom. The largest absolute Gasteiger partial charge is 0.497 e. The van der Waals surface area contributed by atoms with Gasteiger partial charge in [-0.2, -0.15) is 0 Å². The highest BCUT2D eigenvalue weighted by Gasteiger charge is 2.32. The van der Waals surface area contributed by atoms with Crippen molar-refractivity contribution >= 4 is 5.97 Å². The van der Waals surface area contributed by atoms with E-state index in [1.54, 1.807) is 28.4 Å². The van der Waals surface area contributed by atoms with E-state index in [0.29, 0.717) is 30.2 Å². The van der Waals surface area contributed by atoms with E-state index in [4.69, 9.17) is 18.9 Å². The minimum Gasteiger partial charge on any atom is -0.497 e. The summed E-state index contributed by atoms with van der Waals surface area (Å²) < 4.78 is 21.9. The van der Waals surface area contributed by atoms with Gasteiger partial charge < -0.3 is 24.1 Å². The molecule has 2 aromatic carbocycles. The van der Waals surface area contributed by atoms with Crippen LogP contribution in [0.5, 0.6) is 23.0 Å². The van der Waals surface area contributed by atoms with Gasteiger partial charge in [0.15, 0.2) is 11.5 Å². The Morgan fingerprint density at radius 3 is 2.10 bits per heavy atom. The zero-order valence-corrected chi connectivity index (χ0v) is 17.9. The lowest BCUT2D eigenvalue weighted by Crippen LogP contribution is -2.41. The van der Waals surface area contributed by atoms with Crippen molar-refractivity contribution in [3.8, 4) is 23.0 Å². The molecule has 0 aliphatic carbocycles. The third kappa shape index (κ3) is 4.46. The molecular weight excluding hydrogens is 386 g/mol. The Morgan fingerprint density at radius 2 is 1.60 bits per heavy atom. The number of hydrogen-bond acceptors (Lipinski definition) is 6. The SMILES string of the molecule is COc1ccc(C(c2cc(OC)c(OC)c(OC)c2)N2CCCC(C(=O)O)C2)cc1. The van der Waals surface area contributed by atoms with E-state index in [9.17, 15) is 9.90 Å². The van der Waals surface area contributed by atoms with E-state index in [1.165, 1.54) is 0 Å². The van der Waals surface area contributed by atoms with Crippen LogP contribution in [0.2, 0.25) is 0 Å². The first-order chi connectivity index (χ1) is 14.5. The van der Waals surface area contributed by atoms with Gasteiger partial charge >= 0.3 is 5.97 Å². The van der Waals surface area contributed by atoms with Crippen LogP contribution in [0.1, 0.15) is 30.0 Å². The lowest BCUT2D eigenvalue weighted by molar-refractivity contribution is -0.143. The molecule has 0 bridgehead atoms. The molecule has 2 unspecified atom stereocenters. The number of piperidine rings is 1. The van der Waals surface area contributed by atoms with Crippen molar-refractivity contribution in [2.45, 2.75) is 18.9 Å². The zero-order valence-electron chi connectivity index (χ0n) is 17.9. The van der Waals surface area contributed by atoms with Crippen LogP contribution in [-0.2, 0) is 4.79 Å². The molecule has 7 heteroatoms. The molecule has 2 aromatic rings. The maximum atomic E-state index is 11.7. The highest BCUT2D eigenvalue weighted by atomic mass is 16.5. The topological polar surface area (TPSA) is 77.5 Å². The van der Waals surface area contributed by atoms with Crippen LogP contribution in [0, 0.1) is 5.92 Å². The molecule has 3 rings (SSSR count). The van der Waals surface area contributed by atoms with Crippen molar-refractivity contribution in [3.05, 3.63) is 47.5 Å². The van der Waals surface area contributed by atoms with Gasteiger partial charge in [-0.15, -0.1) is 0 Å². The molecule has 0 radical (unpaired) electrons. The third-order valence-corrected chi connectivity index (χ3v) is 5.60. The molecule has 2 atom stereocenters. The van der Waals surface area contributed by atoms with E-state index in [-0.39, 0.29) is 12.0 Å². The second-order valence-electron chi connectivity index (χ2n) is 7.31. The molecule has 0 saturated carbocycles. The number of benzene rings is 2. The summed E-state index contributed by atoms with van der Waals surface area (Å²) in [5, 5.41) is 9.58. The summed E-state index contributed by atoms with van der Waals surface area (Å²) in [5.41, 5.74) is 1.98. The number of carbonyl (C=O) groups is 1. The van der Waals surface area contributed by atoms with Gasteiger partial charge in [0.05, 0.1) is 40.4 Å². The number of likely N-dealkylation sites (tertiary alicyclic amines) is 1. The Bertz CT molecular complexity index is 841. The summed E-state index contributed by atoms with van der Waals surface area (Å²) in [4.78, 5) is 13.9. The molecule has 1 aliphatic heterocycles. The number of carboxylic acid groups (broad SMARTS) is 1. The number of methoxy groups -OCH3 is 4. The van der Waals surface area contributed by atoms with Gasteiger partial charge in [0.2, 0.25) is 5.75 Å². The number of aliphatic carboxylic acids is 1. The predicted octanol–water partition coefficient (Wildman–Crippen LogP) is 3.61. The van der Waals surface area contributed by atoms with E-state index < -0.39 is 5.97 Å². The van der Waals surface area contributed by atoms with Gasteiger partial charge in [-0.3, -0.25) is 9.69 Å². The Labute approximate surface area is 177 Å². The second kappa shape index (κ2) is 9.71. The summed E-state index contributed by atoms with van der Waals surface area (Å²) in [5.74, 6) is 1.29. The molecule has 7 nitrogen and oxygen atoms in total. The van der Waals surface area contributed by atoms with Crippen LogP contribution in [0.3, 0.4) is 0 Å². The van der Waals surface area contributed by atoms with Crippen LogP contribution in [0.25, 0.3) is 0 Å². The van der Waals surface area contributed by atoms with Crippen molar-refractivity contribution in [1.82, 2.24) is 4.90 Å². The Kier molecular flexibility index (Phi) is 7.05. The van der Waals surface area contributed by atoms with Crippen molar-refractivity contribution in [3.63, 3.8) is 0 Å². The molecule has 30 heavy (non-hydrogen) atoms. The van der Waals surface area contributed by atoms with Crippen molar-refractivity contribution in [2.75, 3.05) is 41.5 Å². The highest BCUT2D eigenvalue weighted by molar-refractivity contribution is 5.70. The summed E-state index contributed by atoms with van der Waals surface area (Å²) in [6.07, 6.45) is 1.52. The van der Waals surface area contributed by atoms with Gasteiger partial charge in [-0.1, -0.05) is 12.1 Å². The summed E-state index contributed by atoms with van der Waals surface area (Å²) in [6, 6.07) is 11.6. The fraction of sp³-hybridized carbons (Fsp3) is 0.435. The fourth-order valence-electron chi connectivity index (χ4n) is 4.10. The molecule has 1 saturated heterocycles. The molecule has 1 heterocycles. The van der Waals surface area contributed by atoms with Crippen LogP contribution >= 0.6 is 0 Å². The van der Waals surface area contributed by atoms with Crippen molar-refractivity contribution in [1.29, 1.82) is 0 Å². The summed E-state index contributed by atoms with van der Waals surface area (Å²) in [6.45, 7) is 1.28. The normalized spacial score (nSPS) is 17.8. The highest BCUT2D eigenvalue weighted by Crippen LogP contribution is 2.43. The zero-order chi connectivity index (χ0) is 21.7. The first-order valence-electron chi connectivity index (χ1n) is 9.93. The van der Waals surface area contributed by atoms with Gasteiger partial charge in [0.1, 0.15) is 5.75 Å². The first kappa shape index (κ1) is 21.8. The third-order valence-electron chi connectivity index (χ3n) is 5.60. The molecule has 1 aliphatic rings. The predicted molar refractivity (Wildman–Crippen MR) is 113 cm³/mol. The fourth-order valence-corrected chi connectivity index (χ4v) is 4.10. The van der Waals surface area contributed by atoms with Gasteiger partial charge in [0, 0.05) is 6.54 Å². The lowest BCUT2D eigenvalue weighted by atomic mass is 9.91. The van der Waals surface area contributed by atoms with E-state index in [2.05, 4.69) is 4.90 Å². The average molecular weight is 415 g/mol. The van der Waals surface area contributed by atoms with Crippen molar-refractivity contribution in [2.24, 2.45) is 5.92 Å². The average Bonchev–Trinajstić information content (AvgIpc) is 2.79. The maximum absolute atomic E-state index is 11.7. The van der Waals surface area contributed by atoms with Crippen LogP contribution in [-0.4, -0.2) is 57.5 Å². The number of ether oxygens (including phenoxy) is 4.